The molecule has 0 bridgehead atoms. The van der Waals surface area contributed by atoms with Gasteiger partial charge in [0.25, 0.3) is 23.7 Å². The molecule has 0 radical (unpaired) electrons. The van der Waals surface area contributed by atoms with Crippen molar-refractivity contribution in [3.63, 3.8) is 0 Å². The average Bonchev–Trinajstić information content (AvgIpc) is 3.38. The van der Waals surface area contributed by atoms with Crippen LogP contribution in [-0.4, -0.2) is 182 Å². The molecule has 22 nitrogen and oxygen atoms in total. The zero-order chi connectivity index (χ0) is 60.9. The number of ether oxygens (including phenoxy) is 12. The van der Waals surface area contributed by atoms with Gasteiger partial charge in [0.2, 0.25) is 0 Å². The molecule has 0 aliphatic carbocycles. The minimum absolute atomic E-state index is 0. The maximum Gasteiger partial charge on any atom is 1.00 e. The van der Waals surface area contributed by atoms with Crippen LogP contribution in [0.3, 0.4) is 0 Å². The Bertz CT molecular complexity index is 925. The van der Waals surface area contributed by atoms with Gasteiger partial charge in [0, 0.05) is 34.7 Å². The van der Waals surface area contributed by atoms with E-state index in [2.05, 4.69) is 66.5 Å². The van der Waals surface area contributed by atoms with Crippen LogP contribution in [0.25, 0.3) is 0 Å². The smallest absolute Gasteiger partial charge is 0 e. The molecule has 2 aliphatic rings. The minimum Gasteiger partial charge on any atom is 0 e. The van der Waals surface area contributed by atoms with Crippen molar-refractivity contribution in [2.75, 3.05) is 159 Å². The Morgan fingerprint density at radius 3 is 0.282 bits per heavy atom. The van der Waals surface area contributed by atoms with Gasteiger partial charge in [0.15, 0.2) is 0 Å². The van der Waals surface area contributed by atoms with Gasteiger partial charge >= 0.3 is 187 Å². The molecule has 0 N–H and O–H groups in total. The second kappa shape index (κ2) is 116. The third-order valence-electron chi connectivity index (χ3n) is 4.97. The van der Waals surface area contributed by atoms with Crippen molar-refractivity contribution in [3.8, 4) is 0 Å². The summed E-state index contributed by atoms with van der Waals surface area (Å²) in [7, 11) is -4.94. The first kappa shape index (κ1) is 121. The van der Waals surface area contributed by atoms with Crippen molar-refractivity contribution >= 4 is 17.2 Å². The molecule has 0 spiro atoms. The van der Waals surface area contributed by atoms with Gasteiger partial charge in [-0.2, -0.15) is 0 Å². The molecule has 0 aromatic heterocycles. The summed E-state index contributed by atoms with van der Waals surface area (Å²) >= 11 is 0. The van der Waals surface area contributed by atoms with E-state index >= 15 is 0 Å². The molecule has 2 saturated heterocycles. The molecule has 2 aliphatic heterocycles. The van der Waals surface area contributed by atoms with Gasteiger partial charge in [-0.05, 0) is 0 Å². The Balaban J connectivity index is -0.0000000427. The third kappa shape index (κ3) is 185. The first-order valence-corrected chi connectivity index (χ1v) is 19.9. The Morgan fingerprint density at radius 1 is 0.205 bits per heavy atom. The monoisotopic (exact) mass is 1400 g/mol. The van der Waals surface area contributed by atoms with Gasteiger partial charge in [-0.25, -0.2) is 52.7 Å². The van der Waals surface area contributed by atoms with E-state index in [9.17, 15) is 52.7 Å². The fourth-order valence-electron chi connectivity index (χ4n) is 2.93. The summed E-state index contributed by atoms with van der Waals surface area (Å²) in [5.74, 6) is -20.7. The van der Waals surface area contributed by atoms with Crippen LogP contribution in [0.2, 0.25) is 0 Å². The Labute approximate surface area is 526 Å². The van der Waals surface area contributed by atoms with E-state index in [4.69, 9.17) is 103 Å². The number of hydrogen-bond acceptors (Lipinski definition) is 12. The van der Waals surface area contributed by atoms with E-state index < -0.39 is 40.8 Å². The molecule has 0 unspecified atom stereocenters. The average molecular weight is 1400 g/mol. The van der Waals surface area contributed by atoms with Crippen molar-refractivity contribution in [2.45, 2.75) is 23.7 Å². The van der Waals surface area contributed by atoms with E-state index in [1.807, 2.05) is 0 Å². The molecule has 2 heterocycles. The fraction of sp³-hybridized carbons (Fsp3) is 0.737. The largest absolute Gasteiger partial charge is 1.00 e. The predicted molar refractivity (Wildman–Crippen MR) is 207 cm³/mol. The topological polar surface area (TPSA) is 310 Å². The number of alkyl halides is 12. The second-order valence-electron chi connectivity index (χ2n) is 9.44. The molecule has 2 rings (SSSR count). The molecular weight excluding hydrogens is 1350 g/mol. The van der Waals surface area contributed by atoms with Crippen LogP contribution in [0.15, 0.2) is 0 Å². The van der Waals surface area contributed by atoms with Crippen LogP contribution >= 0.6 is 17.2 Å². The number of halogens is 12. The zero-order valence-electron chi connectivity index (χ0n) is 40.5. The standard InChI is InChI=1S/2C12H24O6.2C2F6P.10CO.Ag.2Cr.K/c2*1-2-14-5-6-16-9-10-18-12-11-17-8-7-15-4-3-13-1;2*3-1(4,5)9-2(6,7)8;10*1-2;;;;/h2*1-12H2;;;;;;;;;;;;;;;;/q;;2*-1;;;;;;;;;;;+1;;;+1. The Hall–Kier alpha value is 0.382. The number of rotatable bonds is 0. The predicted octanol–water partition coefficient (Wildman–Crippen LogP) is 2.77. The van der Waals surface area contributed by atoms with Gasteiger partial charge in [0.1, 0.15) is 0 Å². The molecule has 0 aromatic rings. The van der Waals surface area contributed by atoms with E-state index in [1.54, 1.807) is 0 Å². The molecule has 450 valence electrons. The summed E-state index contributed by atoms with van der Waals surface area (Å²) in [5.41, 5.74) is 0. The van der Waals surface area contributed by atoms with Crippen molar-refractivity contribution < 1.29 is 265 Å². The van der Waals surface area contributed by atoms with Crippen molar-refractivity contribution in [2.24, 2.45) is 0 Å². The van der Waals surface area contributed by atoms with E-state index in [0.717, 1.165) is 0 Å². The quantitative estimate of drug-likeness (QED) is 0.111. The SMILES string of the molecule is C1COCCOCCOCCOCCOCCO1.C1COCCOCCOCCOCCOCCO1.FC(F)(F)[P-]C(F)(F)F.FC(F)(F)[P-]C(F)(F)F.[Ag+].[C-]#[O+].[C-]#[O+].[C-]#[O+].[C-]#[O+].[C-]#[O+].[C-]#[O+].[C-]#[O+].[C-]#[O+].[C-]#[O+].[C-]#[O+].[Cr].[Cr].[K+]. The summed E-state index contributed by atoms with van der Waals surface area (Å²) in [6.07, 6.45) is 0. The first-order valence-electron chi connectivity index (χ1n) is 18.1. The van der Waals surface area contributed by atoms with Crippen LogP contribution in [0.1, 0.15) is 0 Å². The molecule has 0 saturated carbocycles. The van der Waals surface area contributed by atoms with E-state index in [-0.39, 0.29) is 108 Å². The summed E-state index contributed by atoms with van der Waals surface area (Å²) in [5, 5.41) is 0. The second-order valence-corrected chi connectivity index (χ2v) is 11.9. The zero-order valence-corrected chi connectivity index (χ0v) is 49.4. The summed E-state index contributed by atoms with van der Waals surface area (Å²) < 4.78 is 269. The first-order chi connectivity index (χ1) is 35.4. The number of hydrogen-bond donors (Lipinski definition) is 0. The maximum absolute atomic E-state index is 10.8. The van der Waals surface area contributed by atoms with Gasteiger partial charge < -0.3 is 74.0 Å². The van der Waals surface area contributed by atoms with Crippen LogP contribution in [0.5, 0.6) is 0 Å². The molecular formula is C38H48AgCr2F12KO22P2. The van der Waals surface area contributed by atoms with Crippen LogP contribution in [0, 0.1) is 66.5 Å². The van der Waals surface area contributed by atoms with Crippen LogP contribution in [0.4, 0.5) is 52.7 Å². The maximum atomic E-state index is 10.8. The van der Waals surface area contributed by atoms with Gasteiger partial charge in [-0.15, -0.1) is 0 Å². The molecule has 78 heavy (non-hydrogen) atoms. The summed E-state index contributed by atoms with van der Waals surface area (Å²) in [6, 6.07) is 0. The van der Waals surface area contributed by atoms with Crippen molar-refractivity contribution in [3.05, 3.63) is 66.5 Å². The molecule has 0 atom stereocenters. The van der Waals surface area contributed by atoms with E-state index in [0.29, 0.717) is 159 Å². The van der Waals surface area contributed by atoms with Crippen LogP contribution < -0.4 is 51.4 Å². The fourth-order valence-corrected chi connectivity index (χ4v) is 3.50. The van der Waals surface area contributed by atoms with Gasteiger partial charge in [-0.3, -0.25) is 0 Å². The molecule has 0 aromatic carbocycles. The third-order valence-corrected chi connectivity index (χ3v) is 5.99. The summed E-state index contributed by atoms with van der Waals surface area (Å²) in [6.45, 7) is 59.1. The Kier molecular flexibility index (Phi) is 179. The molecule has 40 heteroatoms. The Morgan fingerprint density at radius 2 is 0.256 bits per heavy atom. The normalized spacial score (nSPS) is 14.6. The van der Waals surface area contributed by atoms with Gasteiger partial charge in [0.05, 0.1) is 159 Å². The molecule has 0 amide bonds. The van der Waals surface area contributed by atoms with Crippen LogP contribution in [-0.2, 0) is 160 Å². The molecule has 2 fully saturated rings. The van der Waals surface area contributed by atoms with Gasteiger partial charge in [-0.1, -0.05) is 0 Å². The minimum atomic E-state index is -5.17. The summed E-state index contributed by atoms with van der Waals surface area (Å²) in [4.78, 5) is 0. The van der Waals surface area contributed by atoms with Crippen molar-refractivity contribution in [1.29, 1.82) is 0 Å². The van der Waals surface area contributed by atoms with Crippen molar-refractivity contribution in [1.82, 2.24) is 0 Å². The van der Waals surface area contributed by atoms with E-state index in [1.165, 1.54) is 0 Å².